The third kappa shape index (κ3) is 4.37. The van der Waals surface area contributed by atoms with Crippen LogP contribution in [0.3, 0.4) is 0 Å². The quantitative estimate of drug-likeness (QED) is 0.671. The number of aliphatic hydroxyl groups is 1. The predicted molar refractivity (Wildman–Crippen MR) is 67.7 cm³/mol. The van der Waals surface area contributed by atoms with Gasteiger partial charge in [0.05, 0.1) is 6.61 Å². The fraction of sp³-hybridized carbons (Fsp3) is 1.00. The lowest BCUT2D eigenvalue weighted by Crippen LogP contribution is -2.51. The molecule has 1 fully saturated rings. The first kappa shape index (κ1) is 13.9. The average Bonchev–Trinajstić information content (AvgIpc) is 2.26. The van der Waals surface area contributed by atoms with Crippen molar-refractivity contribution in [2.45, 2.75) is 32.4 Å². The zero-order chi connectivity index (χ0) is 12.0. The highest BCUT2D eigenvalue weighted by atomic mass is 16.3. The molecule has 0 bridgehead atoms. The summed E-state index contributed by atoms with van der Waals surface area (Å²) in [4.78, 5) is 4.91. The second-order valence-electron chi connectivity index (χ2n) is 4.87. The summed E-state index contributed by atoms with van der Waals surface area (Å²) >= 11 is 0. The van der Waals surface area contributed by atoms with Crippen LogP contribution < -0.4 is 5.32 Å². The molecule has 4 nitrogen and oxygen atoms in total. The molecule has 16 heavy (non-hydrogen) atoms. The molecule has 2 unspecified atom stereocenters. The zero-order valence-electron chi connectivity index (χ0n) is 10.9. The maximum atomic E-state index is 9.21. The Morgan fingerprint density at radius 1 is 1.44 bits per heavy atom. The predicted octanol–water partition coefficient (Wildman–Crippen LogP) is -0.0172. The molecule has 1 heterocycles. The summed E-state index contributed by atoms with van der Waals surface area (Å²) in [7, 11) is 2.18. The highest BCUT2D eigenvalue weighted by Gasteiger charge is 2.21. The summed E-state index contributed by atoms with van der Waals surface area (Å²) in [5, 5.41) is 12.5. The molecule has 0 spiro atoms. The van der Waals surface area contributed by atoms with Gasteiger partial charge in [0, 0.05) is 38.3 Å². The summed E-state index contributed by atoms with van der Waals surface area (Å²) in [5.41, 5.74) is 0. The van der Waals surface area contributed by atoms with Crippen molar-refractivity contribution >= 4 is 0 Å². The van der Waals surface area contributed by atoms with Crippen LogP contribution in [0.5, 0.6) is 0 Å². The SMILES string of the molecule is CCNC(CO)CCN1CCN(C)CC1C. The minimum Gasteiger partial charge on any atom is -0.395 e. The van der Waals surface area contributed by atoms with E-state index in [0.29, 0.717) is 6.04 Å². The minimum absolute atomic E-state index is 0.246. The normalized spacial score (nSPS) is 25.9. The summed E-state index contributed by atoms with van der Waals surface area (Å²) in [6, 6.07) is 0.900. The minimum atomic E-state index is 0.246. The number of aliphatic hydroxyl groups excluding tert-OH is 1. The van der Waals surface area contributed by atoms with Gasteiger partial charge >= 0.3 is 0 Å². The Morgan fingerprint density at radius 3 is 2.75 bits per heavy atom. The molecule has 1 aliphatic heterocycles. The molecule has 1 saturated heterocycles. The Hall–Kier alpha value is -0.160. The van der Waals surface area contributed by atoms with E-state index in [-0.39, 0.29) is 12.6 Å². The van der Waals surface area contributed by atoms with Crippen molar-refractivity contribution < 1.29 is 5.11 Å². The first-order chi connectivity index (χ1) is 7.67. The van der Waals surface area contributed by atoms with Crippen molar-refractivity contribution in [3.05, 3.63) is 0 Å². The Balaban J connectivity index is 2.25. The molecule has 0 radical (unpaired) electrons. The second-order valence-corrected chi connectivity index (χ2v) is 4.87. The van der Waals surface area contributed by atoms with E-state index in [1.807, 2.05) is 0 Å². The number of nitrogens with zero attached hydrogens (tertiary/aromatic N) is 2. The monoisotopic (exact) mass is 229 g/mol. The van der Waals surface area contributed by atoms with Gasteiger partial charge in [-0.3, -0.25) is 4.90 Å². The van der Waals surface area contributed by atoms with E-state index >= 15 is 0 Å². The number of hydrogen-bond acceptors (Lipinski definition) is 4. The van der Waals surface area contributed by atoms with Gasteiger partial charge in [-0.1, -0.05) is 6.92 Å². The van der Waals surface area contributed by atoms with Crippen LogP contribution in [-0.2, 0) is 0 Å². The van der Waals surface area contributed by atoms with Gasteiger partial charge in [0.25, 0.3) is 0 Å². The summed E-state index contributed by atoms with van der Waals surface area (Å²) in [5.74, 6) is 0. The van der Waals surface area contributed by atoms with E-state index in [4.69, 9.17) is 0 Å². The molecular weight excluding hydrogens is 202 g/mol. The number of rotatable bonds is 6. The van der Waals surface area contributed by atoms with Crippen LogP contribution in [0, 0.1) is 0 Å². The van der Waals surface area contributed by atoms with Crippen molar-refractivity contribution in [3.8, 4) is 0 Å². The second kappa shape index (κ2) is 7.22. The van der Waals surface area contributed by atoms with Crippen molar-refractivity contribution in [2.75, 3.05) is 46.4 Å². The largest absolute Gasteiger partial charge is 0.395 e. The lowest BCUT2D eigenvalue weighted by Gasteiger charge is -2.38. The molecular formula is C12H27N3O. The van der Waals surface area contributed by atoms with E-state index in [1.54, 1.807) is 0 Å². The van der Waals surface area contributed by atoms with Crippen molar-refractivity contribution in [1.82, 2.24) is 15.1 Å². The molecule has 0 aromatic heterocycles. The van der Waals surface area contributed by atoms with E-state index < -0.39 is 0 Å². The molecule has 0 saturated carbocycles. The third-order valence-electron chi connectivity index (χ3n) is 3.45. The topological polar surface area (TPSA) is 38.7 Å². The van der Waals surface area contributed by atoms with Crippen molar-refractivity contribution in [2.24, 2.45) is 0 Å². The van der Waals surface area contributed by atoms with E-state index in [0.717, 1.165) is 39.1 Å². The maximum absolute atomic E-state index is 9.21. The van der Waals surface area contributed by atoms with Crippen molar-refractivity contribution in [3.63, 3.8) is 0 Å². The fourth-order valence-electron chi connectivity index (χ4n) is 2.38. The number of piperazine rings is 1. The maximum Gasteiger partial charge on any atom is 0.0585 e. The van der Waals surface area contributed by atoms with Gasteiger partial charge in [-0.2, -0.15) is 0 Å². The lowest BCUT2D eigenvalue weighted by molar-refractivity contribution is 0.0926. The van der Waals surface area contributed by atoms with Crippen LogP contribution in [0.25, 0.3) is 0 Å². The fourth-order valence-corrected chi connectivity index (χ4v) is 2.38. The molecule has 1 rings (SSSR count). The summed E-state index contributed by atoms with van der Waals surface area (Å²) < 4.78 is 0. The highest BCUT2D eigenvalue weighted by molar-refractivity contribution is 4.78. The van der Waals surface area contributed by atoms with Gasteiger partial charge in [-0.05, 0) is 26.9 Å². The van der Waals surface area contributed by atoms with Gasteiger partial charge in [-0.15, -0.1) is 0 Å². The molecule has 2 atom stereocenters. The Kier molecular flexibility index (Phi) is 6.28. The van der Waals surface area contributed by atoms with Crippen molar-refractivity contribution in [1.29, 1.82) is 0 Å². The average molecular weight is 229 g/mol. The van der Waals surface area contributed by atoms with Gasteiger partial charge in [0.1, 0.15) is 0 Å². The van der Waals surface area contributed by atoms with Gasteiger partial charge in [0.2, 0.25) is 0 Å². The van der Waals surface area contributed by atoms with Gasteiger partial charge in [-0.25, -0.2) is 0 Å². The first-order valence-corrected chi connectivity index (χ1v) is 6.44. The molecule has 4 heteroatoms. The molecule has 0 amide bonds. The Morgan fingerprint density at radius 2 is 2.19 bits per heavy atom. The van der Waals surface area contributed by atoms with Crippen LogP contribution in [0.2, 0.25) is 0 Å². The highest BCUT2D eigenvalue weighted by Crippen LogP contribution is 2.09. The number of hydrogen-bond donors (Lipinski definition) is 2. The first-order valence-electron chi connectivity index (χ1n) is 6.44. The van der Waals surface area contributed by atoms with Crippen LogP contribution >= 0.6 is 0 Å². The molecule has 96 valence electrons. The van der Waals surface area contributed by atoms with Crippen LogP contribution in [0.1, 0.15) is 20.3 Å². The Labute approximate surface area is 99.6 Å². The molecule has 2 N–H and O–H groups in total. The third-order valence-corrected chi connectivity index (χ3v) is 3.45. The lowest BCUT2D eigenvalue weighted by atomic mass is 10.1. The summed E-state index contributed by atoms with van der Waals surface area (Å²) in [6.45, 7) is 10.1. The molecule has 0 aromatic rings. The van der Waals surface area contributed by atoms with E-state index in [9.17, 15) is 5.11 Å². The molecule has 1 aliphatic rings. The van der Waals surface area contributed by atoms with Crippen LogP contribution in [-0.4, -0.2) is 73.4 Å². The smallest absolute Gasteiger partial charge is 0.0585 e. The molecule has 0 aliphatic carbocycles. The van der Waals surface area contributed by atoms with E-state index in [2.05, 4.69) is 36.0 Å². The standard InChI is InChI=1S/C12H27N3O/c1-4-13-12(10-16)5-6-15-8-7-14(3)9-11(15)2/h11-13,16H,4-10H2,1-3H3. The van der Waals surface area contributed by atoms with E-state index in [1.165, 1.54) is 0 Å². The zero-order valence-corrected chi connectivity index (χ0v) is 10.9. The number of likely N-dealkylation sites (N-methyl/N-ethyl adjacent to an activating group) is 2. The van der Waals surface area contributed by atoms with Gasteiger partial charge < -0.3 is 15.3 Å². The summed E-state index contributed by atoms with van der Waals surface area (Å²) in [6.07, 6.45) is 1.04. The Bertz CT molecular complexity index is 189. The number of nitrogens with one attached hydrogen (secondary N) is 1. The van der Waals surface area contributed by atoms with Crippen LogP contribution in [0.15, 0.2) is 0 Å². The van der Waals surface area contributed by atoms with Crippen LogP contribution in [0.4, 0.5) is 0 Å². The van der Waals surface area contributed by atoms with Gasteiger partial charge in [0.15, 0.2) is 0 Å². The molecule has 0 aromatic carbocycles.